The first-order chi connectivity index (χ1) is 10.0. The molecule has 0 unspecified atom stereocenters. The first-order valence-corrected chi connectivity index (χ1v) is 7.11. The molecule has 0 aliphatic carbocycles. The van der Waals surface area contributed by atoms with Gasteiger partial charge in [0.05, 0.1) is 11.3 Å². The molecule has 110 valence electrons. The molecule has 1 amide bonds. The highest BCUT2D eigenvalue weighted by molar-refractivity contribution is 7.80. The number of nitrogens with zero attached hydrogens (tertiary/aromatic N) is 2. The Kier molecular flexibility index (Phi) is 4.70. The van der Waals surface area contributed by atoms with Crippen molar-refractivity contribution in [3.8, 4) is 0 Å². The third-order valence-electron chi connectivity index (χ3n) is 3.18. The fourth-order valence-corrected chi connectivity index (χ4v) is 2.19. The van der Waals surface area contributed by atoms with Crippen LogP contribution in [0.1, 0.15) is 34.1 Å². The number of amides is 1. The number of nitrogens with one attached hydrogen (secondary N) is 1. The fraction of sp³-hybridized carbons (Fsp3) is 0.267. The Morgan fingerprint density at radius 3 is 2.62 bits per heavy atom. The van der Waals surface area contributed by atoms with Crippen LogP contribution < -0.4 is 11.1 Å². The predicted molar refractivity (Wildman–Crippen MR) is 86.1 cm³/mol. The van der Waals surface area contributed by atoms with Crippen molar-refractivity contribution in [3.05, 3.63) is 52.8 Å². The summed E-state index contributed by atoms with van der Waals surface area (Å²) in [7, 11) is 1.81. The second-order valence-corrected chi connectivity index (χ2v) is 5.20. The number of hydrogen-bond acceptors (Lipinski definition) is 3. The second-order valence-electron chi connectivity index (χ2n) is 4.76. The lowest BCUT2D eigenvalue weighted by Crippen LogP contribution is -2.23. The van der Waals surface area contributed by atoms with Crippen molar-refractivity contribution >= 4 is 23.1 Å². The summed E-state index contributed by atoms with van der Waals surface area (Å²) in [4.78, 5) is 12.6. The maximum absolute atomic E-state index is 12.2. The lowest BCUT2D eigenvalue weighted by atomic mass is 10.1. The minimum atomic E-state index is -0.113. The standard InChI is InChI=1S/C15H18N4OS/c1-3-13-12(9-19(2)18-13)15(20)17-8-10-4-6-11(7-5-10)14(16)21/h4-7,9H,3,8H2,1-2H3,(H2,16,21)(H,17,20). The van der Waals surface area contributed by atoms with Crippen LogP contribution in [0.4, 0.5) is 0 Å². The van der Waals surface area contributed by atoms with Gasteiger partial charge in [0, 0.05) is 25.4 Å². The number of thiocarbonyl (C=S) groups is 1. The second kappa shape index (κ2) is 6.49. The van der Waals surface area contributed by atoms with Crippen LogP contribution in [0, 0.1) is 0 Å². The van der Waals surface area contributed by atoms with E-state index in [1.807, 2.05) is 38.2 Å². The molecular weight excluding hydrogens is 284 g/mol. The van der Waals surface area contributed by atoms with E-state index in [0.717, 1.165) is 23.2 Å². The zero-order valence-electron chi connectivity index (χ0n) is 12.1. The maximum atomic E-state index is 12.2. The Balaban J connectivity index is 2.02. The molecule has 0 aliphatic heterocycles. The van der Waals surface area contributed by atoms with Gasteiger partial charge in [-0.1, -0.05) is 43.4 Å². The van der Waals surface area contributed by atoms with E-state index in [9.17, 15) is 4.79 Å². The molecule has 2 rings (SSSR count). The van der Waals surface area contributed by atoms with Gasteiger partial charge in [0.15, 0.2) is 0 Å². The third kappa shape index (κ3) is 3.66. The van der Waals surface area contributed by atoms with E-state index in [2.05, 4.69) is 10.4 Å². The molecule has 5 nitrogen and oxygen atoms in total. The molecule has 0 spiro atoms. The minimum absolute atomic E-state index is 0.113. The molecule has 2 aromatic rings. The Morgan fingerprint density at radius 2 is 2.05 bits per heavy atom. The predicted octanol–water partition coefficient (Wildman–Crippen LogP) is 1.55. The molecule has 21 heavy (non-hydrogen) atoms. The number of aromatic nitrogens is 2. The van der Waals surface area contributed by atoms with Crippen molar-refractivity contribution < 1.29 is 4.79 Å². The van der Waals surface area contributed by atoms with E-state index in [0.29, 0.717) is 17.1 Å². The topological polar surface area (TPSA) is 72.9 Å². The van der Waals surface area contributed by atoms with E-state index in [1.54, 1.807) is 10.9 Å². The lowest BCUT2D eigenvalue weighted by Gasteiger charge is -2.06. The average molecular weight is 302 g/mol. The summed E-state index contributed by atoms with van der Waals surface area (Å²) in [5, 5.41) is 7.16. The van der Waals surface area contributed by atoms with Crippen LogP contribution in [-0.4, -0.2) is 20.7 Å². The molecule has 0 atom stereocenters. The number of aryl methyl sites for hydroxylation is 2. The highest BCUT2D eigenvalue weighted by Gasteiger charge is 2.13. The molecule has 1 aromatic carbocycles. The summed E-state index contributed by atoms with van der Waals surface area (Å²) in [5.41, 5.74) is 8.79. The van der Waals surface area contributed by atoms with E-state index < -0.39 is 0 Å². The molecule has 0 aliphatic rings. The quantitative estimate of drug-likeness (QED) is 0.822. The molecule has 1 aromatic heterocycles. The van der Waals surface area contributed by atoms with Gasteiger partial charge in [-0.05, 0) is 12.0 Å². The highest BCUT2D eigenvalue weighted by Crippen LogP contribution is 2.08. The van der Waals surface area contributed by atoms with Gasteiger partial charge in [-0.15, -0.1) is 0 Å². The molecule has 0 bridgehead atoms. The van der Waals surface area contributed by atoms with Gasteiger partial charge in [0.25, 0.3) is 5.91 Å². The minimum Gasteiger partial charge on any atom is -0.389 e. The zero-order chi connectivity index (χ0) is 15.4. The first-order valence-electron chi connectivity index (χ1n) is 6.70. The van der Waals surface area contributed by atoms with E-state index >= 15 is 0 Å². The van der Waals surface area contributed by atoms with Crippen molar-refractivity contribution in [2.45, 2.75) is 19.9 Å². The summed E-state index contributed by atoms with van der Waals surface area (Å²) < 4.78 is 1.66. The normalized spacial score (nSPS) is 10.4. The van der Waals surface area contributed by atoms with Crippen molar-refractivity contribution in [2.24, 2.45) is 12.8 Å². The number of hydrogen-bond donors (Lipinski definition) is 2. The van der Waals surface area contributed by atoms with E-state index in [4.69, 9.17) is 18.0 Å². The van der Waals surface area contributed by atoms with E-state index in [-0.39, 0.29) is 5.91 Å². The summed E-state index contributed by atoms with van der Waals surface area (Å²) in [6, 6.07) is 7.51. The molecule has 0 saturated heterocycles. The van der Waals surface area contributed by atoms with Crippen molar-refractivity contribution in [3.63, 3.8) is 0 Å². The largest absolute Gasteiger partial charge is 0.389 e. The Labute approximate surface area is 129 Å². The summed E-state index contributed by atoms with van der Waals surface area (Å²) in [6.07, 6.45) is 2.47. The molecule has 1 heterocycles. The van der Waals surface area contributed by atoms with Crippen molar-refractivity contribution in [2.75, 3.05) is 0 Å². The smallest absolute Gasteiger partial charge is 0.255 e. The molecule has 0 saturated carbocycles. The van der Waals surface area contributed by atoms with Gasteiger partial charge in [0.1, 0.15) is 4.99 Å². The van der Waals surface area contributed by atoms with Crippen LogP contribution in [0.15, 0.2) is 30.5 Å². The Morgan fingerprint density at radius 1 is 1.38 bits per heavy atom. The van der Waals surface area contributed by atoms with Gasteiger partial charge in [0.2, 0.25) is 0 Å². The van der Waals surface area contributed by atoms with Gasteiger partial charge >= 0.3 is 0 Å². The van der Waals surface area contributed by atoms with Crippen LogP contribution in [0.25, 0.3) is 0 Å². The fourth-order valence-electron chi connectivity index (χ4n) is 2.05. The van der Waals surface area contributed by atoms with E-state index in [1.165, 1.54) is 0 Å². The lowest BCUT2D eigenvalue weighted by molar-refractivity contribution is 0.0950. The first kappa shape index (κ1) is 15.2. The number of nitrogens with two attached hydrogens (primary N) is 1. The summed E-state index contributed by atoms with van der Waals surface area (Å²) in [6.45, 7) is 2.43. The summed E-state index contributed by atoms with van der Waals surface area (Å²) >= 11 is 4.90. The van der Waals surface area contributed by atoms with Gasteiger partial charge in [-0.3, -0.25) is 9.48 Å². The van der Waals surface area contributed by atoms with Crippen molar-refractivity contribution in [1.82, 2.24) is 15.1 Å². The molecule has 3 N–H and O–H groups in total. The van der Waals surface area contributed by atoms with Crippen LogP contribution in [0.5, 0.6) is 0 Å². The van der Waals surface area contributed by atoms with Crippen LogP contribution in [-0.2, 0) is 20.0 Å². The molecule has 6 heteroatoms. The number of benzene rings is 1. The van der Waals surface area contributed by atoms with Gasteiger partial charge in [-0.25, -0.2) is 0 Å². The van der Waals surface area contributed by atoms with Crippen LogP contribution >= 0.6 is 12.2 Å². The zero-order valence-corrected chi connectivity index (χ0v) is 12.9. The number of carbonyl (C=O) groups is 1. The number of carbonyl (C=O) groups excluding carboxylic acids is 1. The Bertz CT molecular complexity index is 661. The monoisotopic (exact) mass is 302 g/mol. The van der Waals surface area contributed by atoms with Gasteiger partial charge < -0.3 is 11.1 Å². The SMILES string of the molecule is CCc1nn(C)cc1C(=O)NCc1ccc(C(N)=S)cc1. The van der Waals surface area contributed by atoms with Crippen LogP contribution in [0.2, 0.25) is 0 Å². The van der Waals surface area contributed by atoms with Gasteiger partial charge in [-0.2, -0.15) is 5.10 Å². The summed E-state index contributed by atoms with van der Waals surface area (Å²) in [5.74, 6) is -0.113. The van der Waals surface area contributed by atoms with Crippen LogP contribution in [0.3, 0.4) is 0 Å². The third-order valence-corrected chi connectivity index (χ3v) is 3.41. The van der Waals surface area contributed by atoms with Crippen molar-refractivity contribution in [1.29, 1.82) is 0 Å². The molecule has 0 fully saturated rings. The molecular formula is C15H18N4OS. The highest BCUT2D eigenvalue weighted by atomic mass is 32.1. The average Bonchev–Trinajstić information content (AvgIpc) is 2.86. The number of rotatable bonds is 5. The molecule has 0 radical (unpaired) electrons. The Hall–Kier alpha value is -2.21. The maximum Gasteiger partial charge on any atom is 0.255 e.